The first-order valence-corrected chi connectivity index (χ1v) is 21.0. The molecular formula is C45H54N8O8. The van der Waals surface area contributed by atoms with E-state index in [0.717, 1.165) is 61.9 Å². The molecule has 8 rings (SSSR count). The third-order valence-corrected chi connectivity index (χ3v) is 12.5. The Morgan fingerprint density at radius 2 is 1.69 bits per heavy atom. The normalized spacial score (nSPS) is 20.7. The number of aromatic amines is 2. The Morgan fingerprint density at radius 3 is 2.41 bits per heavy atom. The maximum Gasteiger partial charge on any atom is 0.407 e. The second-order valence-corrected chi connectivity index (χ2v) is 17.3. The molecule has 3 aliphatic heterocycles. The maximum absolute atomic E-state index is 13.9. The molecule has 6 atom stereocenters. The van der Waals surface area contributed by atoms with Crippen molar-refractivity contribution in [1.82, 2.24) is 40.4 Å². The number of imidazole rings is 2. The molecule has 0 unspecified atom stereocenters. The van der Waals surface area contributed by atoms with Crippen LogP contribution in [0.4, 0.5) is 9.59 Å². The van der Waals surface area contributed by atoms with Crippen LogP contribution >= 0.6 is 0 Å². The largest absolute Gasteiger partial charge is 0.488 e. The quantitative estimate of drug-likeness (QED) is 0.0929. The predicted molar refractivity (Wildman–Crippen MR) is 228 cm³/mol. The fraction of sp³-hybridized carbons (Fsp3) is 0.467. The molecule has 16 nitrogen and oxygen atoms in total. The molecule has 5 N–H and O–H groups in total. The van der Waals surface area contributed by atoms with Crippen molar-refractivity contribution in [1.29, 1.82) is 0 Å². The van der Waals surface area contributed by atoms with Crippen LogP contribution in [0.3, 0.4) is 0 Å². The van der Waals surface area contributed by atoms with Gasteiger partial charge in [0.25, 0.3) is 0 Å². The standard InChI is InChI=1S/C45H54N8O8/c1-22(2)37(51-45(58)60-7)42(54)52-19-25(20-59-6)14-35(52)40-46-18-33(48-40)27-9-11-29-28(15-27)21-61-36-17-30-26(16-31(29)36)10-12-32-39(30)49-41(47-32)34-13-8-24(5)53(34)43(55)38(23(3)4)50-44(56)57/h9-12,15-18,22-25,34-35,37-38,50H,8,13-14,19-21H2,1-7H3,(H,46,48)(H,47,49)(H,51,58)(H,56,57)/t24-,25-,34-,35-,37-,38-/m0/s1. The SMILES string of the molecule is COC[C@H]1C[C@@H](c2ncc(-c3ccc4c(c3)COc3cc5c(ccc6nc([C@@H]7CC[C@H](C)N7C(=O)[C@@H](NC(=O)O)C(C)C)[nH]c65)cc3-4)[nH]2)N(C(=O)[C@@H](NC(=O)OC)C(C)C)C1. The zero-order chi connectivity index (χ0) is 43.3. The van der Waals surface area contributed by atoms with Gasteiger partial charge in [0, 0.05) is 36.6 Å². The van der Waals surface area contributed by atoms with Crippen LogP contribution < -0.4 is 15.4 Å². The van der Waals surface area contributed by atoms with Crippen molar-refractivity contribution in [3.05, 3.63) is 65.9 Å². The topological polar surface area (TPSA) is 204 Å². The van der Waals surface area contributed by atoms with Crippen molar-refractivity contribution in [3.63, 3.8) is 0 Å². The first kappa shape index (κ1) is 41.6. The zero-order valence-corrected chi connectivity index (χ0v) is 35.6. The second kappa shape index (κ2) is 16.7. The molecule has 0 spiro atoms. The molecule has 2 fully saturated rings. The zero-order valence-electron chi connectivity index (χ0n) is 35.6. The van der Waals surface area contributed by atoms with Gasteiger partial charge < -0.3 is 49.7 Å². The molecule has 322 valence electrons. The van der Waals surface area contributed by atoms with Crippen molar-refractivity contribution >= 4 is 45.8 Å². The summed E-state index contributed by atoms with van der Waals surface area (Å²) < 4.78 is 16.7. The minimum Gasteiger partial charge on any atom is -0.488 e. The number of hydrogen-bond acceptors (Lipinski definition) is 9. The van der Waals surface area contributed by atoms with Crippen molar-refractivity contribution in [2.24, 2.45) is 17.8 Å². The van der Waals surface area contributed by atoms with Gasteiger partial charge in [-0.1, -0.05) is 45.9 Å². The molecule has 0 radical (unpaired) electrons. The minimum absolute atomic E-state index is 0.0707. The number of ether oxygens (including phenoxy) is 3. The third kappa shape index (κ3) is 7.84. The Labute approximate surface area is 353 Å². The number of carbonyl (C=O) groups excluding carboxylic acids is 3. The van der Waals surface area contributed by atoms with E-state index in [1.165, 1.54) is 7.11 Å². The predicted octanol–water partition coefficient (Wildman–Crippen LogP) is 6.93. The van der Waals surface area contributed by atoms with Gasteiger partial charge in [0.2, 0.25) is 11.8 Å². The molecule has 16 heteroatoms. The Kier molecular flexibility index (Phi) is 11.4. The lowest BCUT2D eigenvalue weighted by Crippen LogP contribution is -2.52. The van der Waals surface area contributed by atoms with Crippen LogP contribution in [0, 0.1) is 17.8 Å². The van der Waals surface area contributed by atoms with E-state index in [0.29, 0.717) is 44.2 Å². The molecule has 2 saturated heterocycles. The molecular weight excluding hydrogens is 781 g/mol. The van der Waals surface area contributed by atoms with Crippen LogP contribution in [-0.2, 0) is 25.7 Å². The lowest BCUT2D eigenvalue weighted by atomic mass is 9.92. The summed E-state index contributed by atoms with van der Waals surface area (Å²) in [5.41, 5.74) is 6.42. The highest BCUT2D eigenvalue weighted by molar-refractivity contribution is 6.07. The number of methoxy groups -OCH3 is 2. The average Bonchev–Trinajstić information content (AvgIpc) is 4.06. The summed E-state index contributed by atoms with van der Waals surface area (Å²) in [6.45, 7) is 10.8. The molecule has 3 aliphatic rings. The molecule has 5 aromatic rings. The van der Waals surface area contributed by atoms with Crippen LogP contribution in [0.5, 0.6) is 5.75 Å². The van der Waals surface area contributed by atoms with Crippen molar-refractivity contribution < 1.29 is 38.5 Å². The maximum atomic E-state index is 13.9. The summed E-state index contributed by atoms with van der Waals surface area (Å²) in [5, 5.41) is 16.5. The molecule has 5 heterocycles. The summed E-state index contributed by atoms with van der Waals surface area (Å²) in [5.74, 6) is 1.38. The van der Waals surface area contributed by atoms with E-state index in [2.05, 4.69) is 50.9 Å². The van der Waals surface area contributed by atoms with Crippen LogP contribution in [0.25, 0.3) is 44.2 Å². The molecule has 3 aromatic carbocycles. The Balaban J connectivity index is 1.05. The monoisotopic (exact) mass is 834 g/mol. The number of amides is 4. The highest BCUT2D eigenvalue weighted by atomic mass is 16.5. The van der Waals surface area contributed by atoms with E-state index in [9.17, 15) is 24.3 Å². The number of benzene rings is 3. The summed E-state index contributed by atoms with van der Waals surface area (Å²) in [4.78, 5) is 71.8. The Morgan fingerprint density at radius 1 is 0.918 bits per heavy atom. The number of alkyl carbamates (subject to hydrolysis) is 1. The highest BCUT2D eigenvalue weighted by Crippen LogP contribution is 2.44. The average molecular weight is 835 g/mol. The van der Waals surface area contributed by atoms with Crippen LogP contribution in [0.15, 0.2) is 48.7 Å². The van der Waals surface area contributed by atoms with Gasteiger partial charge >= 0.3 is 12.2 Å². The first-order chi connectivity index (χ1) is 29.3. The number of nitrogens with one attached hydrogen (secondary N) is 4. The summed E-state index contributed by atoms with van der Waals surface area (Å²) in [6.07, 6.45) is 2.07. The van der Waals surface area contributed by atoms with Gasteiger partial charge in [-0.05, 0) is 84.4 Å². The van der Waals surface area contributed by atoms with Crippen molar-refractivity contribution in [2.45, 2.75) is 90.7 Å². The number of carboxylic acid groups (broad SMARTS) is 1. The summed E-state index contributed by atoms with van der Waals surface area (Å²) in [6, 6.07) is 12.2. The smallest absolute Gasteiger partial charge is 0.407 e. The number of fused-ring (bicyclic) bond motifs is 6. The second-order valence-electron chi connectivity index (χ2n) is 17.3. The van der Waals surface area contributed by atoms with Crippen LogP contribution in [-0.4, -0.2) is 104 Å². The van der Waals surface area contributed by atoms with Crippen molar-refractivity contribution in [3.8, 4) is 28.1 Å². The van der Waals surface area contributed by atoms with E-state index in [1.807, 2.05) is 46.8 Å². The van der Waals surface area contributed by atoms with E-state index in [-0.39, 0.29) is 47.7 Å². The number of rotatable bonds is 11. The van der Waals surface area contributed by atoms with Gasteiger partial charge in [-0.2, -0.15) is 0 Å². The molecule has 61 heavy (non-hydrogen) atoms. The minimum atomic E-state index is -1.22. The number of likely N-dealkylation sites (tertiary alicyclic amines) is 2. The van der Waals surface area contributed by atoms with Gasteiger partial charge in [0.1, 0.15) is 36.1 Å². The van der Waals surface area contributed by atoms with Crippen LogP contribution in [0.2, 0.25) is 0 Å². The van der Waals surface area contributed by atoms with E-state index >= 15 is 0 Å². The summed E-state index contributed by atoms with van der Waals surface area (Å²) in [7, 11) is 2.93. The highest BCUT2D eigenvalue weighted by Gasteiger charge is 2.43. The van der Waals surface area contributed by atoms with Gasteiger partial charge in [-0.15, -0.1) is 0 Å². The van der Waals surface area contributed by atoms with Crippen molar-refractivity contribution in [2.75, 3.05) is 27.4 Å². The fourth-order valence-corrected chi connectivity index (χ4v) is 9.38. The molecule has 0 saturated carbocycles. The Hall–Kier alpha value is -6.16. The lowest BCUT2D eigenvalue weighted by Gasteiger charge is -2.32. The lowest BCUT2D eigenvalue weighted by molar-refractivity contribution is -0.137. The fourth-order valence-electron chi connectivity index (χ4n) is 9.38. The Bertz CT molecular complexity index is 2490. The van der Waals surface area contributed by atoms with Gasteiger partial charge in [-0.3, -0.25) is 9.59 Å². The molecule has 0 bridgehead atoms. The van der Waals surface area contributed by atoms with Crippen LogP contribution in [0.1, 0.15) is 83.2 Å². The van der Waals surface area contributed by atoms with Gasteiger partial charge in [0.15, 0.2) is 0 Å². The van der Waals surface area contributed by atoms with Gasteiger partial charge in [-0.25, -0.2) is 19.6 Å². The number of nitrogens with zero attached hydrogens (tertiary/aromatic N) is 4. The van der Waals surface area contributed by atoms with E-state index < -0.39 is 24.3 Å². The number of H-pyrrole nitrogens is 2. The van der Waals surface area contributed by atoms with E-state index in [1.54, 1.807) is 23.1 Å². The number of aromatic nitrogens is 4. The first-order valence-electron chi connectivity index (χ1n) is 21.0. The summed E-state index contributed by atoms with van der Waals surface area (Å²) >= 11 is 0. The number of hydrogen-bond donors (Lipinski definition) is 5. The van der Waals surface area contributed by atoms with Gasteiger partial charge in [0.05, 0.1) is 48.7 Å². The third-order valence-electron chi connectivity index (χ3n) is 12.5. The van der Waals surface area contributed by atoms with E-state index in [4.69, 9.17) is 24.2 Å². The molecule has 2 aromatic heterocycles. The number of carbonyl (C=O) groups is 4. The molecule has 0 aliphatic carbocycles. The molecule has 4 amide bonds.